The second-order valence-electron chi connectivity index (χ2n) is 3.57. The number of alkyl halides is 4. The van der Waals surface area contributed by atoms with E-state index in [0.717, 1.165) is 0 Å². The van der Waals surface area contributed by atoms with E-state index in [1.807, 2.05) is 0 Å². The summed E-state index contributed by atoms with van der Waals surface area (Å²) in [5.41, 5.74) is 0. The molecule has 7 heteroatoms. The molecule has 3 nitrogen and oxygen atoms in total. The lowest BCUT2D eigenvalue weighted by molar-refractivity contribution is -0.154. The first-order chi connectivity index (χ1) is 6.95. The standard InChI is InChI=1S/C8H6F4O3/c9-3-1-2(8(14)15-7(1)13)4(10)6(12)5(3)11/h1-6H. The van der Waals surface area contributed by atoms with Gasteiger partial charge in [-0.05, 0) is 0 Å². The van der Waals surface area contributed by atoms with E-state index in [0.29, 0.717) is 0 Å². The van der Waals surface area contributed by atoms with Crippen LogP contribution in [-0.4, -0.2) is 36.6 Å². The van der Waals surface area contributed by atoms with Gasteiger partial charge in [0.2, 0.25) is 0 Å². The third-order valence-corrected chi connectivity index (χ3v) is 2.73. The summed E-state index contributed by atoms with van der Waals surface area (Å²) >= 11 is 0. The summed E-state index contributed by atoms with van der Waals surface area (Å²) in [5, 5.41) is 0. The summed E-state index contributed by atoms with van der Waals surface area (Å²) in [7, 11) is 0. The minimum Gasteiger partial charge on any atom is -0.393 e. The monoisotopic (exact) mass is 226 g/mol. The molecule has 1 aliphatic heterocycles. The molecule has 0 aromatic heterocycles. The normalized spacial score (nSPS) is 50.1. The van der Waals surface area contributed by atoms with Crippen molar-refractivity contribution >= 4 is 11.9 Å². The summed E-state index contributed by atoms with van der Waals surface area (Å²) in [6.45, 7) is 0. The van der Waals surface area contributed by atoms with Gasteiger partial charge in [0.15, 0.2) is 12.3 Å². The van der Waals surface area contributed by atoms with Crippen molar-refractivity contribution in [3.63, 3.8) is 0 Å². The van der Waals surface area contributed by atoms with E-state index in [1.54, 1.807) is 0 Å². The average molecular weight is 226 g/mol. The third-order valence-electron chi connectivity index (χ3n) is 2.73. The Labute approximate surface area is 81.4 Å². The van der Waals surface area contributed by atoms with Crippen molar-refractivity contribution in [3.8, 4) is 0 Å². The predicted octanol–water partition coefficient (Wildman–Crippen LogP) is 0.668. The Morgan fingerprint density at radius 3 is 1.40 bits per heavy atom. The lowest BCUT2D eigenvalue weighted by Crippen LogP contribution is -2.53. The summed E-state index contributed by atoms with van der Waals surface area (Å²) in [5.74, 6) is -6.35. The Morgan fingerprint density at radius 2 is 1.07 bits per heavy atom. The van der Waals surface area contributed by atoms with Gasteiger partial charge in [-0.2, -0.15) is 0 Å². The second kappa shape index (κ2) is 3.18. The highest BCUT2D eigenvalue weighted by Crippen LogP contribution is 2.42. The molecule has 6 unspecified atom stereocenters. The predicted molar refractivity (Wildman–Crippen MR) is 37.7 cm³/mol. The Morgan fingerprint density at radius 1 is 0.733 bits per heavy atom. The molecular formula is C8H6F4O3. The first kappa shape index (κ1) is 10.4. The number of hydrogen-bond acceptors (Lipinski definition) is 3. The summed E-state index contributed by atoms with van der Waals surface area (Å²) in [6, 6.07) is 0. The van der Waals surface area contributed by atoms with Gasteiger partial charge >= 0.3 is 11.9 Å². The van der Waals surface area contributed by atoms with Crippen LogP contribution in [0.2, 0.25) is 0 Å². The van der Waals surface area contributed by atoms with Crippen molar-refractivity contribution in [3.05, 3.63) is 0 Å². The molecule has 0 spiro atoms. The van der Waals surface area contributed by atoms with Crippen LogP contribution >= 0.6 is 0 Å². The molecule has 2 aliphatic rings. The maximum atomic E-state index is 13.1. The van der Waals surface area contributed by atoms with Crippen LogP contribution in [0.3, 0.4) is 0 Å². The SMILES string of the molecule is O=C1OC(=O)C2C(F)C(F)C(F)C(F)C12. The number of carbonyl (C=O) groups is 2. The van der Waals surface area contributed by atoms with E-state index >= 15 is 0 Å². The van der Waals surface area contributed by atoms with E-state index in [-0.39, 0.29) is 0 Å². The van der Waals surface area contributed by atoms with Gasteiger partial charge in [-0.25, -0.2) is 17.6 Å². The zero-order valence-electron chi connectivity index (χ0n) is 7.20. The number of halogens is 4. The third kappa shape index (κ3) is 1.25. The number of hydrogen-bond donors (Lipinski definition) is 0. The highest BCUT2D eigenvalue weighted by molar-refractivity contribution is 5.97. The first-order valence-electron chi connectivity index (χ1n) is 4.27. The molecular weight excluding hydrogens is 220 g/mol. The van der Waals surface area contributed by atoms with E-state index in [2.05, 4.69) is 4.74 Å². The van der Waals surface area contributed by atoms with Crippen molar-refractivity contribution in [2.45, 2.75) is 24.7 Å². The topological polar surface area (TPSA) is 43.4 Å². The van der Waals surface area contributed by atoms with Crippen molar-refractivity contribution in [1.29, 1.82) is 0 Å². The van der Waals surface area contributed by atoms with Crippen LogP contribution in [0.15, 0.2) is 0 Å². The molecule has 1 aliphatic carbocycles. The van der Waals surface area contributed by atoms with Crippen molar-refractivity contribution in [2.24, 2.45) is 11.8 Å². The van der Waals surface area contributed by atoms with Crippen LogP contribution in [0.4, 0.5) is 17.6 Å². The highest BCUT2D eigenvalue weighted by Gasteiger charge is 2.63. The van der Waals surface area contributed by atoms with Gasteiger partial charge in [-0.3, -0.25) is 9.59 Å². The Kier molecular flexibility index (Phi) is 2.20. The number of fused-ring (bicyclic) bond motifs is 1. The fourth-order valence-corrected chi connectivity index (χ4v) is 1.93. The lowest BCUT2D eigenvalue weighted by atomic mass is 9.76. The lowest BCUT2D eigenvalue weighted by Gasteiger charge is -2.32. The molecule has 0 aromatic carbocycles. The first-order valence-corrected chi connectivity index (χ1v) is 4.27. The molecule has 0 radical (unpaired) electrons. The quantitative estimate of drug-likeness (QED) is 0.346. The molecule has 2 fully saturated rings. The zero-order chi connectivity index (χ0) is 11.3. The molecule has 1 heterocycles. The summed E-state index contributed by atoms with van der Waals surface area (Å²) < 4.78 is 55.9. The van der Waals surface area contributed by atoms with Crippen LogP contribution < -0.4 is 0 Å². The summed E-state index contributed by atoms with van der Waals surface area (Å²) in [4.78, 5) is 21.8. The molecule has 15 heavy (non-hydrogen) atoms. The number of esters is 2. The maximum Gasteiger partial charge on any atom is 0.320 e. The van der Waals surface area contributed by atoms with E-state index in [1.165, 1.54) is 0 Å². The van der Waals surface area contributed by atoms with Gasteiger partial charge in [0.05, 0.1) is 0 Å². The number of rotatable bonds is 0. The molecule has 2 rings (SSSR count). The minimum atomic E-state index is -2.74. The van der Waals surface area contributed by atoms with Gasteiger partial charge in [0, 0.05) is 0 Å². The van der Waals surface area contributed by atoms with Gasteiger partial charge < -0.3 is 4.74 Å². The van der Waals surface area contributed by atoms with Crippen LogP contribution in [-0.2, 0) is 14.3 Å². The van der Waals surface area contributed by atoms with Crippen LogP contribution in [0, 0.1) is 11.8 Å². The molecule has 1 saturated carbocycles. The molecule has 0 amide bonds. The Bertz CT molecular complexity index is 291. The summed E-state index contributed by atoms with van der Waals surface area (Å²) in [6.07, 6.45) is -10.5. The smallest absolute Gasteiger partial charge is 0.320 e. The van der Waals surface area contributed by atoms with Crippen molar-refractivity contribution in [2.75, 3.05) is 0 Å². The van der Waals surface area contributed by atoms with E-state index in [4.69, 9.17) is 0 Å². The second-order valence-corrected chi connectivity index (χ2v) is 3.57. The van der Waals surface area contributed by atoms with Crippen LogP contribution in [0.1, 0.15) is 0 Å². The van der Waals surface area contributed by atoms with Crippen molar-refractivity contribution in [1.82, 2.24) is 0 Å². The maximum absolute atomic E-state index is 13.1. The fourth-order valence-electron chi connectivity index (χ4n) is 1.93. The van der Waals surface area contributed by atoms with Gasteiger partial charge in [0.1, 0.15) is 24.2 Å². The average Bonchev–Trinajstić information content (AvgIpc) is 2.47. The molecule has 6 atom stereocenters. The van der Waals surface area contributed by atoms with Crippen molar-refractivity contribution < 1.29 is 31.9 Å². The molecule has 0 N–H and O–H groups in total. The van der Waals surface area contributed by atoms with E-state index < -0.39 is 48.5 Å². The fraction of sp³-hybridized carbons (Fsp3) is 0.750. The van der Waals surface area contributed by atoms with Crippen LogP contribution in [0.25, 0.3) is 0 Å². The molecule has 0 aromatic rings. The zero-order valence-corrected chi connectivity index (χ0v) is 7.20. The van der Waals surface area contributed by atoms with E-state index in [9.17, 15) is 27.2 Å². The van der Waals surface area contributed by atoms with Crippen LogP contribution in [0.5, 0.6) is 0 Å². The highest BCUT2D eigenvalue weighted by atomic mass is 19.2. The molecule has 84 valence electrons. The van der Waals surface area contributed by atoms with Gasteiger partial charge in [0.25, 0.3) is 0 Å². The largest absolute Gasteiger partial charge is 0.393 e. The molecule has 0 bridgehead atoms. The minimum absolute atomic E-state index is 1.32. The number of cyclic esters (lactones) is 2. The number of ether oxygens (including phenoxy) is 1. The Hall–Kier alpha value is -1.14. The Balaban J connectivity index is 2.36. The van der Waals surface area contributed by atoms with Gasteiger partial charge in [-0.1, -0.05) is 0 Å². The molecule has 1 saturated heterocycles. The number of carbonyl (C=O) groups excluding carboxylic acids is 2. The van der Waals surface area contributed by atoms with Gasteiger partial charge in [-0.15, -0.1) is 0 Å².